The molecule has 0 unspecified atom stereocenters. The summed E-state index contributed by atoms with van der Waals surface area (Å²) in [6.45, 7) is 6.24. The highest BCUT2D eigenvalue weighted by Gasteiger charge is 2.43. The first-order valence-electron chi connectivity index (χ1n) is 3.46. The summed E-state index contributed by atoms with van der Waals surface area (Å²) in [5.74, 6) is 2.16. The van der Waals surface area contributed by atoms with Crippen molar-refractivity contribution in [3.8, 4) is 0 Å². The maximum Gasteiger partial charge on any atom is 0.162 e. The van der Waals surface area contributed by atoms with E-state index in [1.807, 2.05) is 0 Å². The van der Waals surface area contributed by atoms with Crippen LogP contribution in [0.15, 0.2) is 0 Å². The van der Waals surface area contributed by atoms with Crippen LogP contribution in [-0.2, 0) is 0 Å². The van der Waals surface area contributed by atoms with E-state index in [1.165, 1.54) is 0 Å². The van der Waals surface area contributed by atoms with E-state index in [0.717, 1.165) is 11.5 Å². The molecule has 0 aromatic rings. The Balaban J connectivity index is 2.67. The zero-order valence-electron chi connectivity index (χ0n) is 6.68. The molecule has 1 fully saturated rings. The van der Waals surface area contributed by atoms with Crippen molar-refractivity contribution in [3.63, 3.8) is 0 Å². The van der Waals surface area contributed by atoms with Gasteiger partial charge < -0.3 is 5.11 Å². The molecule has 0 radical (unpaired) electrons. The fraction of sp³-hybridized carbons (Fsp3) is 1.00. The molecule has 0 amide bonds. The maximum atomic E-state index is 9.95. The molecule has 0 atom stereocenters. The molecular formula is C7H14OS2. The first-order chi connectivity index (χ1) is 4.46. The Morgan fingerprint density at radius 2 is 1.60 bits per heavy atom. The Bertz CT molecular complexity index is 122. The average Bonchev–Trinajstić information content (AvgIpc) is 2.13. The zero-order valence-corrected chi connectivity index (χ0v) is 8.31. The standard InChI is InChI=1S/C7H14OS2/c1-6(2,3)7(8)9-4-5-10-7/h8H,4-5H2,1-3H3. The molecule has 1 heterocycles. The summed E-state index contributed by atoms with van der Waals surface area (Å²) < 4.78 is -0.535. The van der Waals surface area contributed by atoms with Crippen molar-refractivity contribution in [1.82, 2.24) is 0 Å². The van der Waals surface area contributed by atoms with Crippen LogP contribution in [0.3, 0.4) is 0 Å². The highest BCUT2D eigenvalue weighted by molar-refractivity contribution is 8.21. The first-order valence-corrected chi connectivity index (χ1v) is 5.43. The zero-order chi connectivity index (χ0) is 7.83. The van der Waals surface area contributed by atoms with Gasteiger partial charge in [0.2, 0.25) is 0 Å². The minimum absolute atomic E-state index is 0.00116. The number of rotatable bonds is 0. The molecule has 1 nitrogen and oxygen atoms in total. The Hall–Kier alpha value is 0.660. The molecule has 0 saturated carbocycles. The van der Waals surface area contributed by atoms with Crippen molar-refractivity contribution in [3.05, 3.63) is 0 Å². The largest absolute Gasteiger partial charge is 0.370 e. The van der Waals surface area contributed by atoms with Crippen LogP contribution in [0.4, 0.5) is 0 Å². The van der Waals surface area contributed by atoms with Crippen molar-refractivity contribution in [2.45, 2.75) is 25.0 Å². The Kier molecular flexibility index (Phi) is 2.28. The second kappa shape index (κ2) is 2.61. The highest BCUT2D eigenvalue weighted by Crippen LogP contribution is 2.52. The van der Waals surface area contributed by atoms with Crippen LogP contribution >= 0.6 is 23.5 Å². The van der Waals surface area contributed by atoms with Gasteiger partial charge in [0, 0.05) is 16.9 Å². The van der Waals surface area contributed by atoms with Crippen molar-refractivity contribution < 1.29 is 5.11 Å². The maximum absolute atomic E-state index is 9.95. The molecule has 3 heteroatoms. The van der Waals surface area contributed by atoms with E-state index >= 15 is 0 Å². The SMILES string of the molecule is CC(C)(C)C1(O)SCCS1. The highest BCUT2D eigenvalue weighted by atomic mass is 32.2. The summed E-state index contributed by atoms with van der Waals surface area (Å²) in [4.78, 5) is 0. The van der Waals surface area contributed by atoms with Gasteiger partial charge in [-0.3, -0.25) is 0 Å². The molecule has 1 N–H and O–H groups in total. The van der Waals surface area contributed by atoms with Gasteiger partial charge in [0.25, 0.3) is 0 Å². The van der Waals surface area contributed by atoms with Gasteiger partial charge in [-0.25, -0.2) is 0 Å². The molecule has 0 spiro atoms. The fourth-order valence-electron chi connectivity index (χ4n) is 0.835. The van der Waals surface area contributed by atoms with Crippen LogP contribution in [0.2, 0.25) is 0 Å². The lowest BCUT2D eigenvalue weighted by Gasteiger charge is -2.34. The van der Waals surface area contributed by atoms with Gasteiger partial charge in [0.1, 0.15) is 0 Å². The van der Waals surface area contributed by atoms with Gasteiger partial charge in [-0.2, -0.15) is 0 Å². The van der Waals surface area contributed by atoms with Crippen molar-refractivity contribution in [2.24, 2.45) is 5.41 Å². The Morgan fingerprint density at radius 3 is 1.80 bits per heavy atom. The number of hydrogen-bond donors (Lipinski definition) is 1. The van der Waals surface area contributed by atoms with Crippen LogP contribution in [-0.4, -0.2) is 20.9 Å². The molecule has 10 heavy (non-hydrogen) atoms. The molecule has 0 aromatic heterocycles. The third-order valence-corrected chi connectivity index (χ3v) is 5.42. The van der Waals surface area contributed by atoms with Gasteiger partial charge in [0.15, 0.2) is 4.27 Å². The third-order valence-electron chi connectivity index (χ3n) is 1.63. The molecule has 1 saturated heterocycles. The second-order valence-corrected chi connectivity index (χ2v) is 6.36. The average molecular weight is 178 g/mol. The normalized spacial score (nSPS) is 25.2. The predicted octanol–water partition coefficient (Wildman–Crippen LogP) is 2.16. The van der Waals surface area contributed by atoms with Crippen LogP contribution in [0.25, 0.3) is 0 Å². The second-order valence-electron chi connectivity index (χ2n) is 3.53. The number of thioether (sulfide) groups is 2. The predicted molar refractivity (Wildman–Crippen MR) is 49.3 cm³/mol. The fourth-order valence-corrected chi connectivity index (χ4v) is 3.75. The first kappa shape index (κ1) is 8.75. The summed E-state index contributed by atoms with van der Waals surface area (Å²) >= 11 is 3.34. The van der Waals surface area contributed by atoms with Gasteiger partial charge in [0.05, 0.1) is 0 Å². The quantitative estimate of drug-likeness (QED) is 0.614. The number of hydrogen-bond acceptors (Lipinski definition) is 3. The molecule has 1 aliphatic heterocycles. The number of aliphatic hydroxyl groups is 1. The summed E-state index contributed by atoms with van der Waals surface area (Å²) in [6, 6.07) is 0. The van der Waals surface area contributed by atoms with E-state index in [4.69, 9.17) is 0 Å². The molecule has 1 rings (SSSR count). The van der Waals surface area contributed by atoms with Crippen molar-refractivity contribution in [1.29, 1.82) is 0 Å². The monoisotopic (exact) mass is 178 g/mol. The molecular weight excluding hydrogens is 164 g/mol. The van der Waals surface area contributed by atoms with Crippen LogP contribution in [0.1, 0.15) is 20.8 Å². The molecule has 0 aliphatic carbocycles. The van der Waals surface area contributed by atoms with Gasteiger partial charge in [-0.05, 0) is 0 Å². The van der Waals surface area contributed by atoms with Crippen molar-refractivity contribution >= 4 is 23.5 Å². The molecule has 0 bridgehead atoms. The lowest BCUT2D eigenvalue weighted by Crippen LogP contribution is -2.33. The van der Waals surface area contributed by atoms with E-state index in [0.29, 0.717) is 0 Å². The van der Waals surface area contributed by atoms with Gasteiger partial charge in [-0.15, -0.1) is 23.5 Å². The topological polar surface area (TPSA) is 20.2 Å². The van der Waals surface area contributed by atoms with Crippen LogP contribution < -0.4 is 0 Å². The van der Waals surface area contributed by atoms with Gasteiger partial charge in [-0.1, -0.05) is 20.8 Å². The Morgan fingerprint density at radius 1 is 1.20 bits per heavy atom. The van der Waals surface area contributed by atoms with Crippen LogP contribution in [0, 0.1) is 5.41 Å². The Labute approximate surface area is 71.0 Å². The van der Waals surface area contributed by atoms with E-state index in [1.54, 1.807) is 23.5 Å². The summed E-state index contributed by atoms with van der Waals surface area (Å²) in [7, 11) is 0. The molecule has 1 aliphatic rings. The minimum atomic E-state index is -0.535. The third kappa shape index (κ3) is 1.46. The van der Waals surface area contributed by atoms with E-state index in [9.17, 15) is 5.11 Å². The molecule has 60 valence electrons. The summed E-state index contributed by atoms with van der Waals surface area (Å²) in [5.41, 5.74) is -0.00116. The van der Waals surface area contributed by atoms with Gasteiger partial charge >= 0.3 is 0 Å². The summed E-state index contributed by atoms with van der Waals surface area (Å²) in [6.07, 6.45) is 0. The van der Waals surface area contributed by atoms with E-state index in [2.05, 4.69) is 20.8 Å². The van der Waals surface area contributed by atoms with Crippen LogP contribution in [0.5, 0.6) is 0 Å². The smallest absolute Gasteiger partial charge is 0.162 e. The molecule has 0 aromatic carbocycles. The minimum Gasteiger partial charge on any atom is -0.370 e. The summed E-state index contributed by atoms with van der Waals surface area (Å²) in [5, 5.41) is 9.95. The van der Waals surface area contributed by atoms with Crippen molar-refractivity contribution in [2.75, 3.05) is 11.5 Å². The van der Waals surface area contributed by atoms with E-state index < -0.39 is 4.27 Å². The lowest BCUT2D eigenvalue weighted by atomic mass is 9.98. The van der Waals surface area contributed by atoms with E-state index in [-0.39, 0.29) is 5.41 Å². The lowest BCUT2D eigenvalue weighted by molar-refractivity contribution is 0.112.